The third kappa shape index (κ3) is 4.19. The largest absolute Gasteiger partial charge is 0.492 e. The second-order valence-electron chi connectivity index (χ2n) is 6.75. The van der Waals surface area contributed by atoms with Gasteiger partial charge in [0.15, 0.2) is 0 Å². The molecule has 0 aliphatic carbocycles. The molecule has 5 nitrogen and oxygen atoms in total. The maximum Gasteiger partial charge on any atom is 0.253 e. The number of rotatable bonds is 6. The molecule has 1 fully saturated rings. The zero-order valence-corrected chi connectivity index (χ0v) is 15.3. The summed E-state index contributed by atoms with van der Waals surface area (Å²) in [4.78, 5) is 18.4. The van der Waals surface area contributed by atoms with Crippen LogP contribution in [0.1, 0.15) is 23.2 Å². The zero-order valence-electron chi connectivity index (χ0n) is 15.3. The van der Waals surface area contributed by atoms with Crippen LogP contribution < -0.4 is 4.74 Å². The van der Waals surface area contributed by atoms with Gasteiger partial charge < -0.3 is 14.2 Å². The van der Waals surface area contributed by atoms with Crippen molar-refractivity contribution in [3.63, 3.8) is 0 Å². The number of aromatic nitrogens is 2. The summed E-state index contributed by atoms with van der Waals surface area (Å²) in [6, 6.07) is 15.9. The Morgan fingerprint density at radius 3 is 2.59 bits per heavy atom. The van der Waals surface area contributed by atoms with Crippen molar-refractivity contribution in [1.82, 2.24) is 14.5 Å². The van der Waals surface area contributed by atoms with Crippen LogP contribution in [0.25, 0.3) is 11.1 Å². The van der Waals surface area contributed by atoms with Crippen LogP contribution in [0.5, 0.6) is 5.75 Å². The smallest absolute Gasteiger partial charge is 0.253 e. The highest BCUT2D eigenvalue weighted by Gasteiger charge is 2.19. The predicted octanol–water partition coefficient (Wildman–Crippen LogP) is 3.87. The number of carbonyl (C=O) groups excluding carboxylic acids is 1. The van der Waals surface area contributed by atoms with Crippen molar-refractivity contribution in [2.24, 2.45) is 0 Å². The number of imidazole rings is 1. The van der Waals surface area contributed by atoms with Crippen molar-refractivity contribution in [3.05, 3.63) is 72.8 Å². The van der Waals surface area contributed by atoms with Crippen molar-refractivity contribution < 1.29 is 9.53 Å². The maximum atomic E-state index is 12.5. The van der Waals surface area contributed by atoms with Crippen LogP contribution in [0.4, 0.5) is 0 Å². The summed E-state index contributed by atoms with van der Waals surface area (Å²) in [5.41, 5.74) is 2.91. The lowest BCUT2D eigenvalue weighted by Gasteiger charge is -2.15. The van der Waals surface area contributed by atoms with E-state index in [4.69, 9.17) is 4.74 Å². The first-order chi connectivity index (χ1) is 13.3. The Bertz CT molecular complexity index is 882. The lowest BCUT2D eigenvalue weighted by Crippen LogP contribution is -2.27. The second-order valence-corrected chi connectivity index (χ2v) is 6.75. The molecule has 1 aromatic heterocycles. The molecule has 0 radical (unpaired) electrons. The van der Waals surface area contributed by atoms with E-state index in [1.165, 1.54) is 0 Å². The quantitative estimate of drug-likeness (QED) is 0.670. The molecule has 0 bridgehead atoms. The van der Waals surface area contributed by atoms with Crippen LogP contribution in [0.15, 0.2) is 67.3 Å². The van der Waals surface area contributed by atoms with Gasteiger partial charge in [0.05, 0.1) is 12.9 Å². The first-order valence-corrected chi connectivity index (χ1v) is 9.38. The van der Waals surface area contributed by atoms with Gasteiger partial charge in [0.2, 0.25) is 0 Å². The summed E-state index contributed by atoms with van der Waals surface area (Å²) in [5.74, 6) is 0.973. The van der Waals surface area contributed by atoms with Gasteiger partial charge in [0.25, 0.3) is 5.91 Å². The van der Waals surface area contributed by atoms with E-state index in [9.17, 15) is 4.79 Å². The van der Waals surface area contributed by atoms with Crippen molar-refractivity contribution >= 4 is 5.91 Å². The van der Waals surface area contributed by atoms with Gasteiger partial charge in [-0.2, -0.15) is 0 Å². The topological polar surface area (TPSA) is 47.4 Å². The van der Waals surface area contributed by atoms with Gasteiger partial charge in [0, 0.05) is 31.0 Å². The van der Waals surface area contributed by atoms with E-state index in [0.29, 0.717) is 6.61 Å². The maximum absolute atomic E-state index is 12.5. The van der Waals surface area contributed by atoms with Crippen LogP contribution in [0, 0.1) is 0 Å². The minimum atomic E-state index is 0.135. The summed E-state index contributed by atoms with van der Waals surface area (Å²) in [6.07, 6.45) is 7.68. The highest BCUT2D eigenvalue weighted by atomic mass is 16.5. The standard InChI is InChI=1S/C22H23N3O2/c26-22(25-11-1-2-12-25)19-8-6-18(7-9-19)20-4-3-5-21(16-20)27-15-14-24-13-10-23-17-24/h3-10,13,16-17H,1-2,11-12,14-15H2. The Kier molecular flexibility index (Phi) is 5.19. The molecule has 2 aromatic carbocycles. The van der Waals surface area contributed by atoms with Gasteiger partial charge in [-0.1, -0.05) is 24.3 Å². The molecule has 1 saturated heterocycles. The molecule has 1 aliphatic heterocycles. The molecule has 1 amide bonds. The van der Waals surface area contributed by atoms with Crippen molar-refractivity contribution in [1.29, 1.82) is 0 Å². The Morgan fingerprint density at radius 2 is 1.85 bits per heavy atom. The van der Waals surface area contributed by atoms with E-state index in [-0.39, 0.29) is 5.91 Å². The molecule has 27 heavy (non-hydrogen) atoms. The second kappa shape index (κ2) is 8.08. The number of hydrogen-bond donors (Lipinski definition) is 0. The average Bonchev–Trinajstić information content (AvgIpc) is 3.42. The molecule has 0 unspecified atom stereocenters. The molecule has 4 rings (SSSR count). The van der Waals surface area contributed by atoms with Crippen molar-refractivity contribution in [3.8, 4) is 16.9 Å². The number of likely N-dealkylation sites (tertiary alicyclic amines) is 1. The first-order valence-electron chi connectivity index (χ1n) is 9.38. The molecule has 0 N–H and O–H groups in total. The fourth-order valence-electron chi connectivity index (χ4n) is 3.36. The Hall–Kier alpha value is -3.08. The SMILES string of the molecule is O=C(c1ccc(-c2cccc(OCCn3ccnc3)c2)cc1)N1CCCC1. The average molecular weight is 361 g/mol. The van der Waals surface area contributed by atoms with E-state index in [1.807, 2.05) is 58.1 Å². The number of amides is 1. The molecular formula is C22H23N3O2. The Labute approximate surface area is 159 Å². The number of nitrogens with zero attached hydrogens (tertiary/aromatic N) is 3. The molecule has 0 spiro atoms. The normalized spacial score (nSPS) is 13.7. The summed E-state index contributed by atoms with van der Waals surface area (Å²) >= 11 is 0. The predicted molar refractivity (Wildman–Crippen MR) is 105 cm³/mol. The van der Waals surface area contributed by atoms with Gasteiger partial charge in [-0.25, -0.2) is 4.98 Å². The minimum absolute atomic E-state index is 0.135. The van der Waals surface area contributed by atoms with E-state index in [1.54, 1.807) is 12.5 Å². The molecule has 5 heteroatoms. The number of ether oxygens (including phenoxy) is 1. The lowest BCUT2D eigenvalue weighted by molar-refractivity contribution is 0.0793. The van der Waals surface area contributed by atoms with Crippen LogP contribution in [0.3, 0.4) is 0 Å². The number of carbonyl (C=O) groups is 1. The fourth-order valence-corrected chi connectivity index (χ4v) is 3.36. The summed E-state index contributed by atoms with van der Waals surface area (Å²) < 4.78 is 7.85. The van der Waals surface area contributed by atoms with Gasteiger partial charge in [-0.05, 0) is 48.2 Å². The minimum Gasteiger partial charge on any atom is -0.492 e. The Balaban J connectivity index is 1.41. The molecule has 1 aliphatic rings. The summed E-state index contributed by atoms with van der Waals surface area (Å²) in [6.45, 7) is 3.10. The van der Waals surface area contributed by atoms with Gasteiger partial charge in [0.1, 0.15) is 12.4 Å². The van der Waals surface area contributed by atoms with Crippen LogP contribution in [-0.4, -0.2) is 40.1 Å². The summed E-state index contributed by atoms with van der Waals surface area (Å²) in [5, 5.41) is 0. The zero-order chi connectivity index (χ0) is 18.5. The molecular weight excluding hydrogens is 338 g/mol. The third-order valence-corrected chi connectivity index (χ3v) is 4.87. The monoisotopic (exact) mass is 361 g/mol. The molecule has 0 atom stereocenters. The van der Waals surface area contributed by atoms with Crippen molar-refractivity contribution in [2.75, 3.05) is 19.7 Å². The van der Waals surface area contributed by atoms with E-state index in [2.05, 4.69) is 11.1 Å². The fraction of sp³-hybridized carbons (Fsp3) is 0.273. The Morgan fingerprint density at radius 1 is 1.04 bits per heavy atom. The molecule has 138 valence electrons. The van der Waals surface area contributed by atoms with E-state index in [0.717, 1.165) is 54.9 Å². The lowest BCUT2D eigenvalue weighted by atomic mass is 10.0. The van der Waals surface area contributed by atoms with Crippen molar-refractivity contribution in [2.45, 2.75) is 19.4 Å². The van der Waals surface area contributed by atoms with Crippen LogP contribution in [-0.2, 0) is 6.54 Å². The van der Waals surface area contributed by atoms with E-state index >= 15 is 0 Å². The van der Waals surface area contributed by atoms with Crippen LogP contribution in [0.2, 0.25) is 0 Å². The first kappa shape index (κ1) is 17.3. The molecule has 3 aromatic rings. The third-order valence-electron chi connectivity index (χ3n) is 4.87. The van der Waals surface area contributed by atoms with E-state index < -0.39 is 0 Å². The summed E-state index contributed by atoms with van der Waals surface area (Å²) in [7, 11) is 0. The highest BCUT2D eigenvalue weighted by Crippen LogP contribution is 2.25. The van der Waals surface area contributed by atoms with Gasteiger partial charge in [-0.3, -0.25) is 4.79 Å². The number of hydrogen-bond acceptors (Lipinski definition) is 3. The van der Waals surface area contributed by atoms with Crippen LogP contribution >= 0.6 is 0 Å². The van der Waals surface area contributed by atoms with Gasteiger partial charge in [-0.15, -0.1) is 0 Å². The van der Waals surface area contributed by atoms with Gasteiger partial charge >= 0.3 is 0 Å². The highest BCUT2D eigenvalue weighted by molar-refractivity contribution is 5.94. The number of benzene rings is 2. The molecule has 2 heterocycles. The molecule has 0 saturated carbocycles.